The van der Waals surface area contributed by atoms with Crippen molar-refractivity contribution in [3.63, 3.8) is 0 Å². The van der Waals surface area contributed by atoms with Gasteiger partial charge in [-0.05, 0) is 73.3 Å². The molecule has 0 radical (unpaired) electrons. The molecule has 0 atom stereocenters. The first kappa shape index (κ1) is 23.9. The van der Waals surface area contributed by atoms with Crippen LogP contribution in [0.4, 0.5) is 0 Å². The lowest BCUT2D eigenvalue weighted by Crippen LogP contribution is -2.14. The van der Waals surface area contributed by atoms with Crippen LogP contribution in [0.2, 0.25) is 0 Å². The number of unbranched alkanes of at least 4 members (excludes halogenated alkanes) is 3. The van der Waals surface area contributed by atoms with Gasteiger partial charge in [-0.3, -0.25) is 0 Å². The highest BCUT2D eigenvalue weighted by molar-refractivity contribution is 5.26. The first-order valence-corrected chi connectivity index (χ1v) is 13.9. The minimum Gasteiger partial charge on any atom is -0.0654 e. The maximum Gasteiger partial charge on any atom is -0.0162 e. The number of aryl methyl sites for hydroxylation is 1. The van der Waals surface area contributed by atoms with E-state index in [0.29, 0.717) is 0 Å². The van der Waals surface area contributed by atoms with Crippen LogP contribution in [0.25, 0.3) is 0 Å². The van der Waals surface area contributed by atoms with E-state index in [4.69, 9.17) is 0 Å². The highest BCUT2D eigenvalue weighted by Gasteiger charge is 2.22. The van der Waals surface area contributed by atoms with Gasteiger partial charge in [0.2, 0.25) is 0 Å². The third-order valence-corrected chi connectivity index (χ3v) is 8.50. The molecule has 0 amide bonds. The summed E-state index contributed by atoms with van der Waals surface area (Å²) in [5, 5.41) is 0. The van der Waals surface area contributed by atoms with E-state index >= 15 is 0 Å². The predicted molar refractivity (Wildman–Crippen MR) is 133 cm³/mol. The van der Waals surface area contributed by atoms with Crippen LogP contribution in [0, 0.1) is 17.8 Å². The smallest absolute Gasteiger partial charge is 0.0162 e. The van der Waals surface area contributed by atoms with E-state index in [1.54, 1.807) is 11.1 Å². The largest absolute Gasteiger partial charge is 0.0654 e. The van der Waals surface area contributed by atoms with Gasteiger partial charge in [0.1, 0.15) is 0 Å². The highest BCUT2D eigenvalue weighted by atomic mass is 14.3. The van der Waals surface area contributed by atoms with Crippen LogP contribution in [0.15, 0.2) is 24.3 Å². The van der Waals surface area contributed by atoms with Crippen LogP contribution in [-0.4, -0.2) is 0 Å². The van der Waals surface area contributed by atoms with Crippen LogP contribution >= 0.6 is 0 Å². The standard InChI is InChI=1S/C30H50/c1-3-5-6-10-27-17-21-29(22-18-27)30-23-19-28(20-24-30)12-8-7-11-26-15-13-25(9-4-2)14-16-26/h19-20,23-27,29H,3-18,21-22H2,1-2H3. The second-order valence-electron chi connectivity index (χ2n) is 10.9. The Hall–Kier alpha value is -0.780. The van der Waals surface area contributed by atoms with Crippen molar-refractivity contribution in [2.24, 2.45) is 17.8 Å². The van der Waals surface area contributed by atoms with Crippen LogP contribution in [0.3, 0.4) is 0 Å². The van der Waals surface area contributed by atoms with Crippen molar-refractivity contribution in [3.05, 3.63) is 35.4 Å². The minimum atomic E-state index is 0.837. The van der Waals surface area contributed by atoms with Crippen molar-refractivity contribution in [1.82, 2.24) is 0 Å². The van der Waals surface area contributed by atoms with Crippen LogP contribution in [0.5, 0.6) is 0 Å². The monoisotopic (exact) mass is 410 g/mol. The second kappa shape index (κ2) is 13.6. The summed E-state index contributed by atoms with van der Waals surface area (Å²) in [6.45, 7) is 4.67. The fourth-order valence-electron chi connectivity index (χ4n) is 6.40. The van der Waals surface area contributed by atoms with Gasteiger partial charge in [-0.2, -0.15) is 0 Å². The lowest BCUT2D eigenvalue weighted by Gasteiger charge is -2.29. The maximum absolute atomic E-state index is 2.46. The van der Waals surface area contributed by atoms with Crippen LogP contribution in [0.1, 0.15) is 140 Å². The molecule has 0 heterocycles. The molecule has 2 fully saturated rings. The van der Waals surface area contributed by atoms with Gasteiger partial charge in [0.25, 0.3) is 0 Å². The van der Waals surface area contributed by atoms with Crippen molar-refractivity contribution < 1.29 is 0 Å². The Morgan fingerprint density at radius 2 is 1.10 bits per heavy atom. The molecule has 0 heteroatoms. The normalized spacial score (nSPS) is 27.3. The SMILES string of the molecule is CCCCCC1CCC(c2ccc(CCCCC3CCC(CCC)CC3)cc2)CC1. The van der Waals surface area contributed by atoms with Crippen molar-refractivity contribution in [2.45, 2.75) is 135 Å². The first-order chi connectivity index (χ1) is 14.8. The van der Waals surface area contributed by atoms with Crippen molar-refractivity contribution in [3.8, 4) is 0 Å². The molecular weight excluding hydrogens is 360 g/mol. The molecule has 3 rings (SSSR count). The van der Waals surface area contributed by atoms with E-state index in [9.17, 15) is 0 Å². The number of rotatable bonds is 12. The Kier molecular flexibility index (Phi) is 10.8. The van der Waals surface area contributed by atoms with Gasteiger partial charge < -0.3 is 0 Å². The molecule has 0 N–H and O–H groups in total. The Balaban J connectivity index is 1.29. The summed E-state index contributed by atoms with van der Waals surface area (Å²) in [4.78, 5) is 0. The minimum absolute atomic E-state index is 0.837. The topological polar surface area (TPSA) is 0 Å². The molecule has 30 heavy (non-hydrogen) atoms. The van der Waals surface area contributed by atoms with E-state index in [1.807, 2.05) is 0 Å². The molecule has 0 bridgehead atoms. The van der Waals surface area contributed by atoms with E-state index in [-0.39, 0.29) is 0 Å². The maximum atomic E-state index is 2.46. The zero-order valence-corrected chi connectivity index (χ0v) is 20.3. The molecule has 1 aromatic carbocycles. The molecule has 0 aromatic heterocycles. The van der Waals surface area contributed by atoms with Crippen LogP contribution in [-0.2, 0) is 6.42 Å². The fraction of sp³-hybridized carbons (Fsp3) is 0.800. The molecule has 1 aromatic rings. The number of hydrogen-bond donors (Lipinski definition) is 0. The Morgan fingerprint density at radius 1 is 0.567 bits per heavy atom. The van der Waals surface area contributed by atoms with Crippen molar-refractivity contribution in [2.75, 3.05) is 0 Å². The molecule has 170 valence electrons. The molecule has 0 spiro atoms. The second-order valence-corrected chi connectivity index (χ2v) is 10.9. The summed E-state index contributed by atoms with van der Waals surface area (Å²) in [5.74, 6) is 3.96. The van der Waals surface area contributed by atoms with E-state index in [0.717, 1.165) is 23.7 Å². The van der Waals surface area contributed by atoms with Gasteiger partial charge in [0.05, 0.1) is 0 Å². The molecular formula is C30H50. The van der Waals surface area contributed by atoms with Crippen molar-refractivity contribution >= 4 is 0 Å². The number of benzene rings is 1. The summed E-state index contributed by atoms with van der Waals surface area (Å²) in [7, 11) is 0. The zero-order valence-electron chi connectivity index (χ0n) is 20.3. The average molecular weight is 411 g/mol. The van der Waals surface area contributed by atoms with Gasteiger partial charge in [0.15, 0.2) is 0 Å². The Bertz CT molecular complexity index is 540. The third-order valence-electron chi connectivity index (χ3n) is 8.50. The van der Waals surface area contributed by atoms with Gasteiger partial charge in [0, 0.05) is 0 Å². The van der Waals surface area contributed by atoms with Gasteiger partial charge in [-0.15, -0.1) is 0 Å². The molecule has 2 aliphatic carbocycles. The Labute approximate surface area is 188 Å². The van der Waals surface area contributed by atoms with E-state index < -0.39 is 0 Å². The van der Waals surface area contributed by atoms with Crippen molar-refractivity contribution in [1.29, 1.82) is 0 Å². The van der Waals surface area contributed by atoms with Gasteiger partial charge in [-0.1, -0.05) is 115 Å². The summed E-state index contributed by atoms with van der Waals surface area (Å²) < 4.78 is 0. The summed E-state index contributed by atoms with van der Waals surface area (Å²) in [6, 6.07) is 9.82. The predicted octanol–water partition coefficient (Wildman–Crippen LogP) is 9.86. The highest BCUT2D eigenvalue weighted by Crippen LogP contribution is 2.38. The third kappa shape index (κ3) is 8.05. The molecule has 2 saturated carbocycles. The molecule has 2 aliphatic rings. The van der Waals surface area contributed by atoms with E-state index in [1.165, 1.54) is 116 Å². The molecule has 0 aliphatic heterocycles. The first-order valence-electron chi connectivity index (χ1n) is 13.9. The average Bonchev–Trinajstić information content (AvgIpc) is 2.79. The molecule has 0 nitrogen and oxygen atoms in total. The summed E-state index contributed by atoms with van der Waals surface area (Å²) >= 11 is 0. The zero-order chi connectivity index (χ0) is 21.0. The quantitative estimate of drug-likeness (QED) is 0.301. The summed E-state index contributed by atoms with van der Waals surface area (Å²) in [6.07, 6.45) is 26.0. The van der Waals surface area contributed by atoms with Gasteiger partial charge in [-0.25, -0.2) is 0 Å². The van der Waals surface area contributed by atoms with Crippen LogP contribution < -0.4 is 0 Å². The Morgan fingerprint density at radius 3 is 1.67 bits per heavy atom. The van der Waals surface area contributed by atoms with Gasteiger partial charge >= 0.3 is 0 Å². The lowest BCUT2D eigenvalue weighted by molar-refractivity contribution is 0.248. The lowest BCUT2D eigenvalue weighted by atomic mass is 9.77. The fourth-order valence-corrected chi connectivity index (χ4v) is 6.40. The molecule has 0 unspecified atom stereocenters. The van der Waals surface area contributed by atoms with E-state index in [2.05, 4.69) is 38.1 Å². The summed E-state index contributed by atoms with van der Waals surface area (Å²) in [5.41, 5.74) is 3.19. The molecule has 0 saturated heterocycles. The number of hydrogen-bond acceptors (Lipinski definition) is 0.